The van der Waals surface area contributed by atoms with E-state index in [0.29, 0.717) is 17.4 Å². The maximum Gasteiger partial charge on any atom is 0.401 e. The van der Waals surface area contributed by atoms with E-state index in [1.165, 1.54) is 4.90 Å². The quantitative estimate of drug-likeness (QED) is 0.469. The number of pyridine rings is 1. The molecule has 5 rings (SSSR count). The number of rotatable bonds is 5. The maximum atomic E-state index is 13.2. The third kappa shape index (κ3) is 5.18. The van der Waals surface area contributed by atoms with E-state index in [2.05, 4.69) is 31.8 Å². The summed E-state index contributed by atoms with van der Waals surface area (Å²) in [4.78, 5) is 12.0. The standard InChI is InChI=1S/C24H25ClF3N7/c1-29-12-16-4-7-30-21(10-16)34-8-5-17(6-9-34)23-32-31-22-14-33(15-24(26,27)28)13-18-11-19(25)2-3-20(18)35(22)23/h2-4,7,10-11,17H,1,5-6,8-9,12-15H2. The van der Waals surface area contributed by atoms with Crippen LogP contribution in [0.25, 0.3) is 5.69 Å². The van der Waals surface area contributed by atoms with Crippen molar-refractivity contribution in [2.24, 2.45) is 4.99 Å². The van der Waals surface area contributed by atoms with E-state index >= 15 is 0 Å². The highest BCUT2D eigenvalue weighted by Gasteiger charge is 2.35. The van der Waals surface area contributed by atoms with Gasteiger partial charge in [0.1, 0.15) is 11.6 Å². The van der Waals surface area contributed by atoms with Crippen LogP contribution in [0.15, 0.2) is 41.5 Å². The average molecular weight is 504 g/mol. The van der Waals surface area contributed by atoms with E-state index in [-0.39, 0.29) is 19.0 Å². The van der Waals surface area contributed by atoms with Crippen LogP contribution in [0.2, 0.25) is 5.02 Å². The first-order valence-electron chi connectivity index (χ1n) is 11.4. The number of nitrogens with zero attached hydrogens (tertiary/aromatic N) is 7. The number of aromatic nitrogens is 4. The van der Waals surface area contributed by atoms with Crippen LogP contribution >= 0.6 is 11.6 Å². The summed E-state index contributed by atoms with van der Waals surface area (Å²) in [5.74, 6) is 2.34. The fourth-order valence-corrected chi connectivity index (χ4v) is 5.14. The molecule has 0 amide bonds. The first-order chi connectivity index (χ1) is 16.8. The Morgan fingerprint density at radius 2 is 1.89 bits per heavy atom. The lowest BCUT2D eigenvalue weighted by Crippen LogP contribution is -2.34. The Morgan fingerprint density at radius 3 is 2.63 bits per heavy atom. The Kier molecular flexibility index (Phi) is 6.50. The SMILES string of the molecule is C=NCc1ccnc(N2CCC(c3nnc4n3-c3ccc(Cl)cc3CN(CC(F)(F)F)C4)CC2)c1. The zero-order valence-corrected chi connectivity index (χ0v) is 19.8. The van der Waals surface area contributed by atoms with E-state index in [1.807, 2.05) is 22.8 Å². The number of alkyl halides is 3. The van der Waals surface area contributed by atoms with Gasteiger partial charge in [0.25, 0.3) is 0 Å². The molecule has 0 bridgehead atoms. The van der Waals surface area contributed by atoms with Crippen LogP contribution < -0.4 is 4.90 Å². The van der Waals surface area contributed by atoms with Crippen LogP contribution in [0, 0.1) is 0 Å². The van der Waals surface area contributed by atoms with Crippen LogP contribution in [0.3, 0.4) is 0 Å². The van der Waals surface area contributed by atoms with Crippen LogP contribution in [0.5, 0.6) is 0 Å². The summed E-state index contributed by atoms with van der Waals surface area (Å²) in [6.07, 6.45) is -0.858. The van der Waals surface area contributed by atoms with Crippen LogP contribution in [-0.4, -0.2) is 57.2 Å². The van der Waals surface area contributed by atoms with Gasteiger partial charge in [-0.2, -0.15) is 13.2 Å². The number of fused-ring (bicyclic) bond motifs is 3. The fraction of sp³-hybridized carbons (Fsp3) is 0.417. The minimum absolute atomic E-state index is 0.0612. The third-order valence-electron chi connectivity index (χ3n) is 6.49. The summed E-state index contributed by atoms with van der Waals surface area (Å²) in [6, 6.07) is 9.31. The highest BCUT2D eigenvalue weighted by Crippen LogP contribution is 2.35. The second kappa shape index (κ2) is 9.58. The molecule has 0 saturated carbocycles. The molecule has 1 fully saturated rings. The van der Waals surface area contributed by atoms with Gasteiger partial charge in [0.15, 0.2) is 5.82 Å². The number of hydrogen-bond acceptors (Lipinski definition) is 6. The van der Waals surface area contributed by atoms with Crippen molar-refractivity contribution in [3.05, 3.63) is 64.3 Å². The van der Waals surface area contributed by atoms with Gasteiger partial charge in [-0.25, -0.2) is 4.98 Å². The molecular weight excluding hydrogens is 479 g/mol. The smallest absolute Gasteiger partial charge is 0.357 e. The molecule has 3 aromatic rings. The largest absolute Gasteiger partial charge is 0.401 e. The minimum atomic E-state index is -4.31. The van der Waals surface area contributed by atoms with Gasteiger partial charge < -0.3 is 4.90 Å². The van der Waals surface area contributed by atoms with E-state index in [4.69, 9.17) is 11.6 Å². The van der Waals surface area contributed by atoms with Crippen molar-refractivity contribution in [3.8, 4) is 5.69 Å². The molecule has 184 valence electrons. The molecule has 2 aliphatic heterocycles. The molecule has 0 aliphatic carbocycles. The molecule has 35 heavy (non-hydrogen) atoms. The third-order valence-corrected chi connectivity index (χ3v) is 6.72. The Balaban J connectivity index is 1.41. The lowest BCUT2D eigenvalue weighted by Gasteiger charge is -2.32. The average Bonchev–Trinajstić information content (AvgIpc) is 3.15. The van der Waals surface area contributed by atoms with Crippen molar-refractivity contribution in [2.45, 2.75) is 44.6 Å². The van der Waals surface area contributed by atoms with Crippen molar-refractivity contribution in [3.63, 3.8) is 0 Å². The summed E-state index contributed by atoms with van der Waals surface area (Å²) in [5.41, 5.74) is 2.59. The molecule has 1 aromatic carbocycles. The molecule has 2 aromatic heterocycles. The first kappa shape index (κ1) is 23.7. The summed E-state index contributed by atoms with van der Waals surface area (Å²) in [6.45, 7) is 4.86. The zero-order valence-electron chi connectivity index (χ0n) is 19.0. The number of hydrogen-bond donors (Lipinski definition) is 0. The molecule has 0 unspecified atom stereocenters. The van der Waals surface area contributed by atoms with E-state index in [1.54, 1.807) is 18.3 Å². The summed E-state index contributed by atoms with van der Waals surface area (Å²) in [7, 11) is 0. The summed E-state index contributed by atoms with van der Waals surface area (Å²) in [5, 5.41) is 9.29. The number of benzene rings is 1. The van der Waals surface area contributed by atoms with E-state index < -0.39 is 12.7 Å². The molecular formula is C24H25ClF3N7. The Hall–Kier alpha value is -2.98. The van der Waals surface area contributed by atoms with E-state index in [0.717, 1.165) is 54.4 Å². The molecule has 0 N–H and O–H groups in total. The van der Waals surface area contributed by atoms with Gasteiger partial charge in [0.2, 0.25) is 0 Å². The highest BCUT2D eigenvalue weighted by atomic mass is 35.5. The molecule has 0 spiro atoms. The molecule has 0 radical (unpaired) electrons. The van der Waals surface area contributed by atoms with Crippen molar-refractivity contribution >= 4 is 24.1 Å². The Bertz CT molecular complexity index is 1220. The van der Waals surface area contributed by atoms with Gasteiger partial charge in [-0.15, -0.1) is 10.2 Å². The second-order valence-electron chi connectivity index (χ2n) is 9.01. The lowest BCUT2D eigenvalue weighted by atomic mass is 9.95. The Labute approximate surface area is 206 Å². The molecule has 11 heteroatoms. The first-order valence-corrected chi connectivity index (χ1v) is 11.8. The molecule has 2 aliphatic rings. The van der Waals surface area contributed by atoms with Crippen molar-refractivity contribution in [2.75, 3.05) is 24.5 Å². The number of aliphatic imine (C=N–C) groups is 1. The minimum Gasteiger partial charge on any atom is -0.357 e. The van der Waals surface area contributed by atoms with E-state index in [9.17, 15) is 13.2 Å². The molecule has 7 nitrogen and oxygen atoms in total. The monoisotopic (exact) mass is 503 g/mol. The predicted molar refractivity (Wildman–Crippen MR) is 128 cm³/mol. The van der Waals surface area contributed by atoms with Gasteiger partial charge in [0.05, 0.1) is 25.3 Å². The molecule has 4 heterocycles. The fourth-order valence-electron chi connectivity index (χ4n) is 4.95. The topological polar surface area (TPSA) is 62.4 Å². The lowest BCUT2D eigenvalue weighted by molar-refractivity contribution is -0.148. The normalized spacial score (nSPS) is 17.1. The van der Waals surface area contributed by atoms with Crippen LogP contribution in [-0.2, 0) is 19.6 Å². The highest BCUT2D eigenvalue weighted by molar-refractivity contribution is 6.30. The number of piperidine rings is 1. The van der Waals surface area contributed by atoms with Gasteiger partial charge in [-0.1, -0.05) is 11.6 Å². The maximum absolute atomic E-state index is 13.2. The van der Waals surface area contributed by atoms with Crippen molar-refractivity contribution in [1.82, 2.24) is 24.6 Å². The Morgan fingerprint density at radius 1 is 1.09 bits per heavy atom. The van der Waals surface area contributed by atoms with Crippen LogP contribution in [0.1, 0.15) is 41.5 Å². The number of halogens is 4. The molecule has 1 saturated heterocycles. The van der Waals surface area contributed by atoms with Gasteiger partial charge in [0, 0.05) is 36.8 Å². The second-order valence-corrected chi connectivity index (χ2v) is 9.44. The predicted octanol–water partition coefficient (Wildman–Crippen LogP) is 4.78. The van der Waals surface area contributed by atoms with Crippen molar-refractivity contribution < 1.29 is 13.2 Å². The van der Waals surface area contributed by atoms with Gasteiger partial charge in [-0.3, -0.25) is 14.5 Å². The van der Waals surface area contributed by atoms with Gasteiger partial charge in [-0.05, 0) is 61.0 Å². The number of anilines is 1. The van der Waals surface area contributed by atoms with Crippen molar-refractivity contribution in [1.29, 1.82) is 0 Å². The summed E-state index contributed by atoms with van der Waals surface area (Å²) < 4.78 is 41.6. The zero-order chi connectivity index (χ0) is 24.6. The molecule has 0 atom stereocenters. The summed E-state index contributed by atoms with van der Waals surface area (Å²) >= 11 is 6.20. The van der Waals surface area contributed by atoms with Gasteiger partial charge >= 0.3 is 6.18 Å². The van der Waals surface area contributed by atoms with Crippen LogP contribution in [0.4, 0.5) is 19.0 Å².